The first-order valence-electron chi connectivity index (χ1n) is 6.73. The number of hydrogen-bond acceptors (Lipinski definition) is 2. The van der Waals surface area contributed by atoms with Crippen LogP contribution in [0.1, 0.15) is 18.5 Å². The van der Waals surface area contributed by atoms with Gasteiger partial charge < -0.3 is 5.32 Å². The van der Waals surface area contributed by atoms with E-state index < -0.39 is 22.4 Å². The van der Waals surface area contributed by atoms with Crippen LogP contribution in [0.2, 0.25) is 0 Å². The van der Waals surface area contributed by atoms with Crippen molar-refractivity contribution in [1.29, 1.82) is 0 Å². The standard InChI is InChI=1S/C16H17F2NOS/c1-2-19-16(12-6-4-3-5-7-12)11-21(20)13-8-9-14(17)15(18)10-13/h3-10,16,19H,2,11H2,1H3. The molecule has 0 radical (unpaired) electrons. The van der Waals surface area contributed by atoms with Gasteiger partial charge in [-0.15, -0.1) is 0 Å². The van der Waals surface area contributed by atoms with Crippen molar-refractivity contribution in [3.05, 3.63) is 65.7 Å². The summed E-state index contributed by atoms with van der Waals surface area (Å²) in [5.41, 5.74) is 1.02. The average molecular weight is 309 g/mol. The predicted octanol–water partition coefficient (Wildman–Crippen LogP) is 3.42. The summed E-state index contributed by atoms with van der Waals surface area (Å²) in [5, 5.41) is 3.26. The molecule has 0 saturated heterocycles. The normalized spacial score (nSPS) is 13.9. The Morgan fingerprint density at radius 1 is 1.10 bits per heavy atom. The molecule has 0 amide bonds. The van der Waals surface area contributed by atoms with Gasteiger partial charge in [-0.3, -0.25) is 4.21 Å². The highest BCUT2D eigenvalue weighted by Gasteiger charge is 2.16. The molecule has 2 aromatic carbocycles. The van der Waals surface area contributed by atoms with Crippen molar-refractivity contribution in [3.63, 3.8) is 0 Å². The molecule has 1 N–H and O–H groups in total. The van der Waals surface area contributed by atoms with Crippen molar-refractivity contribution in [3.8, 4) is 0 Å². The van der Waals surface area contributed by atoms with Gasteiger partial charge in [0.15, 0.2) is 11.6 Å². The molecule has 0 fully saturated rings. The average Bonchev–Trinajstić information content (AvgIpc) is 2.50. The molecule has 0 heterocycles. The third-order valence-electron chi connectivity index (χ3n) is 3.12. The first-order valence-corrected chi connectivity index (χ1v) is 8.05. The Hall–Kier alpha value is -1.59. The van der Waals surface area contributed by atoms with Gasteiger partial charge in [0.05, 0.1) is 10.8 Å². The fraction of sp³-hybridized carbons (Fsp3) is 0.250. The number of hydrogen-bond donors (Lipinski definition) is 1. The van der Waals surface area contributed by atoms with Crippen molar-refractivity contribution >= 4 is 10.8 Å². The van der Waals surface area contributed by atoms with Crippen LogP contribution in [0.5, 0.6) is 0 Å². The molecule has 0 bridgehead atoms. The van der Waals surface area contributed by atoms with E-state index in [4.69, 9.17) is 0 Å². The van der Waals surface area contributed by atoms with Gasteiger partial charge in [0.25, 0.3) is 0 Å². The third-order valence-corrected chi connectivity index (χ3v) is 4.54. The lowest BCUT2D eigenvalue weighted by molar-refractivity contribution is 0.505. The van der Waals surface area contributed by atoms with Gasteiger partial charge >= 0.3 is 0 Å². The zero-order valence-corrected chi connectivity index (χ0v) is 12.5. The Bertz CT molecular complexity index is 619. The van der Waals surface area contributed by atoms with E-state index in [9.17, 15) is 13.0 Å². The van der Waals surface area contributed by atoms with Gasteiger partial charge in [0.2, 0.25) is 0 Å². The molecule has 0 aliphatic rings. The lowest BCUT2D eigenvalue weighted by Gasteiger charge is -2.18. The summed E-state index contributed by atoms with van der Waals surface area (Å²) in [6.45, 7) is 2.70. The van der Waals surface area contributed by atoms with Crippen LogP contribution in [0.15, 0.2) is 53.4 Å². The summed E-state index contributed by atoms with van der Waals surface area (Å²) in [6.07, 6.45) is 0. The molecule has 5 heteroatoms. The molecule has 2 nitrogen and oxygen atoms in total. The molecule has 0 spiro atoms. The summed E-state index contributed by atoms with van der Waals surface area (Å²) in [6, 6.07) is 12.9. The number of halogens is 2. The third kappa shape index (κ3) is 4.19. The van der Waals surface area contributed by atoms with Crippen LogP contribution < -0.4 is 5.32 Å². The summed E-state index contributed by atoms with van der Waals surface area (Å²) in [7, 11) is -1.40. The monoisotopic (exact) mass is 309 g/mol. The minimum absolute atomic E-state index is 0.0925. The number of nitrogens with one attached hydrogen (secondary N) is 1. The maximum atomic E-state index is 13.2. The van der Waals surface area contributed by atoms with Crippen molar-refractivity contribution in [2.24, 2.45) is 0 Å². The molecular weight excluding hydrogens is 292 g/mol. The van der Waals surface area contributed by atoms with Crippen LogP contribution in [-0.2, 0) is 10.8 Å². The number of rotatable bonds is 6. The fourth-order valence-electron chi connectivity index (χ4n) is 2.07. The minimum Gasteiger partial charge on any atom is -0.309 e. The Labute approximate surface area is 125 Å². The highest BCUT2D eigenvalue weighted by atomic mass is 32.2. The van der Waals surface area contributed by atoms with Crippen molar-refractivity contribution in [2.45, 2.75) is 17.9 Å². The molecular formula is C16H17F2NOS. The fourth-order valence-corrected chi connectivity index (χ4v) is 3.33. The van der Waals surface area contributed by atoms with Crippen LogP contribution in [0, 0.1) is 11.6 Å². The molecule has 0 aromatic heterocycles. The molecule has 2 rings (SSSR count). The van der Waals surface area contributed by atoms with Gasteiger partial charge in [-0.2, -0.15) is 0 Å². The van der Waals surface area contributed by atoms with E-state index >= 15 is 0 Å². The molecule has 0 aliphatic heterocycles. The number of benzene rings is 2. The summed E-state index contributed by atoms with van der Waals surface area (Å²) < 4.78 is 38.5. The van der Waals surface area contributed by atoms with Crippen LogP contribution in [0.25, 0.3) is 0 Å². The summed E-state index contributed by atoms with van der Waals surface area (Å²) in [4.78, 5) is 0.299. The van der Waals surface area contributed by atoms with Crippen LogP contribution in [-0.4, -0.2) is 16.5 Å². The maximum Gasteiger partial charge on any atom is 0.160 e. The quantitative estimate of drug-likeness (QED) is 0.886. The second-order valence-electron chi connectivity index (χ2n) is 4.61. The van der Waals surface area contributed by atoms with E-state index in [-0.39, 0.29) is 6.04 Å². The van der Waals surface area contributed by atoms with E-state index in [0.717, 1.165) is 24.2 Å². The van der Waals surface area contributed by atoms with E-state index in [1.807, 2.05) is 37.3 Å². The molecule has 2 aromatic rings. The maximum absolute atomic E-state index is 13.2. The largest absolute Gasteiger partial charge is 0.309 e. The van der Waals surface area contributed by atoms with Gasteiger partial charge in [-0.05, 0) is 30.3 Å². The molecule has 2 atom stereocenters. The lowest BCUT2D eigenvalue weighted by atomic mass is 10.1. The molecule has 112 valence electrons. The van der Waals surface area contributed by atoms with E-state index in [1.54, 1.807) is 0 Å². The van der Waals surface area contributed by atoms with Crippen LogP contribution in [0.3, 0.4) is 0 Å². The Morgan fingerprint density at radius 3 is 2.43 bits per heavy atom. The van der Waals surface area contributed by atoms with Gasteiger partial charge in [0.1, 0.15) is 0 Å². The Morgan fingerprint density at radius 2 is 1.81 bits per heavy atom. The second kappa shape index (κ2) is 7.43. The lowest BCUT2D eigenvalue weighted by Crippen LogP contribution is -2.26. The zero-order valence-electron chi connectivity index (χ0n) is 11.7. The van der Waals surface area contributed by atoms with Crippen LogP contribution >= 0.6 is 0 Å². The predicted molar refractivity (Wildman–Crippen MR) is 80.5 cm³/mol. The molecule has 21 heavy (non-hydrogen) atoms. The Balaban J connectivity index is 2.16. The highest BCUT2D eigenvalue weighted by molar-refractivity contribution is 7.85. The van der Waals surface area contributed by atoms with Crippen molar-refractivity contribution in [2.75, 3.05) is 12.3 Å². The first kappa shape index (κ1) is 15.8. The zero-order chi connectivity index (χ0) is 15.2. The smallest absolute Gasteiger partial charge is 0.160 e. The van der Waals surface area contributed by atoms with E-state index in [2.05, 4.69) is 5.32 Å². The molecule has 0 aliphatic carbocycles. The summed E-state index contributed by atoms with van der Waals surface area (Å²) >= 11 is 0. The SMILES string of the molecule is CCNC(CS(=O)c1ccc(F)c(F)c1)c1ccccc1. The second-order valence-corrected chi connectivity index (χ2v) is 6.10. The molecule has 0 saturated carbocycles. The van der Waals surface area contributed by atoms with E-state index in [0.29, 0.717) is 10.6 Å². The highest BCUT2D eigenvalue weighted by Crippen LogP contribution is 2.19. The van der Waals surface area contributed by atoms with Gasteiger partial charge in [-0.1, -0.05) is 37.3 Å². The molecule has 2 unspecified atom stereocenters. The topological polar surface area (TPSA) is 29.1 Å². The van der Waals surface area contributed by atoms with E-state index in [1.165, 1.54) is 6.07 Å². The van der Waals surface area contributed by atoms with Crippen molar-refractivity contribution in [1.82, 2.24) is 5.32 Å². The van der Waals surface area contributed by atoms with Crippen LogP contribution in [0.4, 0.5) is 8.78 Å². The summed E-state index contributed by atoms with van der Waals surface area (Å²) in [5.74, 6) is -1.59. The first-order chi connectivity index (χ1) is 10.1. The minimum atomic E-state index is -1.40. The Kier molecular flexibility index (Phi) is 5.59. The van der Waals surface area contributed by atoms with Gasteiger partial charge in [0, 0.05) is 16.7 Å². The van der Waals surface area contributed by atoms with Crippen molar-refractivity contribution < 1.29 is 13.0 Å². The van der Waals surface area contributed by atoms with Gasteiger partial charge in [-0.25, -0.2) is 8.78 Å².